The van der Waals surface area contributed by atoms with Crippen molar-refractivity contribution in [2.45, 2.75) is 53.9 Å². The fourth-order valence-electron chi connectivity index (χ4n) is 8.49. The van der Waals surface area contributed by atoms with Gasteiger partial charge in [0.05, 0.1) is 0 Å². The van der Waals surface area contributed by atoms with Gasteiger partial charge in [-0.3, -0.25) is 0 Å². The van der Waals surface area contributed by atoms with Crippen LogP contribution in [0.1, 0.15) is 98.4 Å². The van der Waals surface area contributed by atoms with Gasteiger partial charge >= 0.3 is 23.9 Å². The van der Waals surface area contributed by atoms with E-state index >= 15 is 0 Å². The molecule has 452 valence electrons. The largest absolute Gasteiger partial charge is 0.423 e. The predicted octanol–water partition coefficient (Wildman–Crippen LogP) is 18.0. The molecule has 89 heavy (non-hydrogen) atoms. The molecule has 0 heterocycles. The summed E-state index contributed by atoms with van der Waals surface area (Å²) < 4.78 is 21.8. The van der Waals surface area contributed by atoms with Crippen LogP contribution in [0.2, 0.25) is 0 Å². The molecule has 0 bridgehead atoms. The molecular weight excluding hydrogens is 1180 g/mol. The monoisotopic (exact) mass is 1250 g/mol. The third kappa shape index (κ3) is 24.0. The van der Waals surface area contributed by atoms with Crippen molar-refractivity contribution in [3.8, 4) is 46.7 Å². The average Bonchev–Trinajstić information content (AvgIpc) is 1.69. The number of ether oxygens (including phenoxy) is 4. The van der Waals surface area contributed by atoms with Gasteiger partial charge < -0.3 is 18.9 Å². The second kappa shape index (κ2) is 38.4. The van der Waals surface area contributed by atoms with E-state index in [1.807, 2.05) is 166 Å². The third-order valence-electron chi connectivity index (χ3n) is 12.4. The van der Waals surface area contributed by atoms with Gasteiger partial charge in [0.2, 0.25) is 0 Å². The predicted molar refractivity (Wildman–Crippen MR) is 377 cm³/mol. The Kier molecular flexibility index (Phi) is 29.9. The van der Waals surface area contributed by atoms with E-state index in [-0.39, 0.29) is 5.97 Å². The Morgan fingerprint density at radius 2 is 0.663 bits per heavy atom. The highest BCUT2D eigenvalue weighted by Gasteiger charge is 2.19. The maximum atomic E-state index is 12.6. The second-order valence-electron chi connectivity index (χ2n) is 19.8. The van der Waals surface area contributed by atoms with E-state index in [2.05, 4.69) is 104 Å². The minimum absolute atomic E-state index is 0.388. The van der Waals surface area contributed by atoms with E-state index in [4.69, 9.17) is 18.9 Å². The lowest BCUT2D eigenvalue weighted by atomic mass is 9.86. The lowest BCUT2D eigenvalue weighted by molar-refractivity contribution is -0.129. The van der Waals surface area contributed by atoms with Crippen molar-refractivity contribution in [3.63, 3.8) is 0 Å². The summed E-state index contributed by atoms with van der Waals surface area (Å²) in [7, 11) is 0. The first kappa shape index (κ1) is 69.2. The molecule has 1 saturated carbocycles. The first-order valence-corrected chi connectivity index (χ1v) is 32.5. The Morgan fingerprint density at radius 1 is 0.393 bits per heavy atom. The molecule has 8 nitrogen and oxygen atoms in total. The molecule has 8 aromatic rings. The topological polar surface area (TPSA) is 105 Å². The molecule has 0 amide bonds. The molecule has 1 aliphatic rings. The number of carbonyl (C=O) groups is 4. The van der Waals surface area contributed by atoms with E-state index in [9.17, 15) is 19.2 Å². The molecule has 12 heteroatoms. The molecule has 1 aliphatic carbocycles. The lowest BCUT2D eigenvalue weighted by Crippen LogP contribution is -2.05. The second-order valence-corrected chi connectivity index (χ2v) is 23.0. The van der Waals surface area contributed by atoms with Crippen LogP contribution in [-0.2, 0) is 19.2 Å². The van der Waals surface area contributed by atoms with Gasteiger partial charge in [-0.1, -0.05) is 207 Å². The van der Waals surface area contributed by atoms with Gasteiger partial charge in [0.1, 0.15) is 23.0 Å². The van der Waals surface area contributed by atoms with Crippen molar-refractivity contribution in [3.05, 3.63) is 286 Å². The SMILES string of the molecule is C1CC1.CC#CC(=O)Oc1ccc(/C(=C(\c2ccccc2)c2ccc(OC(=O)C#CC)cc2)c2ccccc2)cc1.CSCCSC(C)=CC(=O)Oc1ccc(/C(=C(\c2ccccc2)c2ccc(OC(=O)C=C(C)C)cc2)c2ccccc2)cc1.SCCS. The van der Waals surface area contributed by atoms with Crippen LogP contribution in [-0.4, -0.2) is 53.1 Å². The minimum atomic E-state index is -0.602. The molecule has 0 radical (unpaired) electrons. The maximum absolute atomic E-state index is 12.6. The van der Waals surface area contributed by atoms with Crippen molar-refractivity contribution in [2.24, 2.45) is 0 Å². The van der Waals surface area contributed by atoms with Crippen molar-refractivity contribution in [2.75, 3.05) is 29.3 Å². The molecule has 0 N–H and O–H groups in total. The van der Waals surface area contributed by atoms with Crippen LogP contribution >= 0.6 is 48.8 Å². The molecule has 0 spiro atoms. The van der Waals surface area contributed by atoms with Crippen LogP contribution in [0.25, 0.3) is 22.3 Å². The summed E-state index contributed by atoms with van der Waals surface area (Å²) in [6.07, 6.45) is 9.59. The minimum Gasteiger partial charge on any atom is -0.423 e. The molecule has 9 rings (SSSR count). The van der Waals surface area contributed by atoms with Gasteiger partial charge in [-0.2, -0.15) is 37.0 Å². The number of rotatable bonds is 19. The Labute approximate surface area is 544 Å². The number of hydrogen-bond acceptors (Lipinski definition) is 12. The van der Waals surface area contributed by atoms with Gasteiger partial charge in [-0.05, 0) is 173 Å². The van der Waals surface area contributed by atoms with E-state index in [0.717, 1.165) is 100 Å². The number of benzene rings is 8. The summed E-state index contributed by atoms with van der Waals surface area (Å²) >= 11 is 11.1. The van der Waals surface area contributed by atoms with Gasteiger partial charge in [0.25, 0.3) is 0 Å². The first-order valence-electron chi connectivity index (χ1n) is 28.9. The molecule has 0 atom stereocenters. The van der Waals surface area contributed by atoms with Crippen LogP contribution in [0.3, 0.4) is 0 Å². The van der Waals surface area contributed by atoms with Crippen LogP contribution in [0.15, 0.2) is 241 Å². The van der Waals surface area contributed by atoms with Crippen molar-refractivity contribution < 1.29 is 38.1 Å². The zero-order valence-corrected chi connectivity index (χ0v) is 54.3. The van der Waals surface area contributed by atoms with E-state index < -0.39 is 17.9 Å². The first-order chi connectivity index (χ1) is 43.3. The van der Waals surface area contributed by atoms with Crippen LogP contribution in [0.4, 0.5) is 0 Å². The van der Waals surface area contributed by atoms with Crippen LogP contribution < -0.4 is 18.9 Å². The number of allylic oxidation sites excluding steroid dienone is 2. The summed E-state index contributed by atoms with van der Waals surface area (Å²) in [5, 5.41) is 0. The number of esters is 4. The average molecular weight is 1250 g/mol. The lowest BCUT2D eigenvalue weighted by Gasteiger charge is -2.18. The fourth-order valence-corrected chi connectivity index (χ4v) is 9.99. The summed E-state index contributed by atoms with van der Waals surface area (Å²) in [5.41, 5.74) is 12.8. The summed E-state index contributed by atoms with van der Waals surface area (Å²) in [5.74, 6) is 13.4. The van der Waals surface area contributed by atoms with Crippen molar-refractivity contribution in [1.82, 2.24) is 0 Å². The fraction of sp³-hybridized carbons (Fsp3) is 0.169. The van der Waals surface area contributed by atoms with Gasteiger partial charge in [-0.25, -0.2) is 19.2 Å². The molecule has 0 saturated heterocycles. The number of hydrogen-bond donors (Lipinski definition) is 2. The van der Waals surface area contributed by atoms with E-state index in [0.29, 0.717) is 23.0 Å². The van der Waals surface area contributed by atoms with Gasteiger partial charge in [0.15, 0.2) is 0 Å². The Hall–Kier alpha value is -8.88. The summed E-state index contributed by atoms with van der Waals surface area (Å²) in [4.78, 5) is 49.3. The standard InChI is InChI=1S/C38H36O4S2.C34H24O4.C3H6.C2H6S2/c1-27(2)25-35(39)41-33-19-15-31(16-20-33)37(29-11-7-5-8-12-29)38(30-13-9-6-10-14-30)32-17-21-34(22-18-32)42-36(40)26-28(3)44-24-23-43-4;1-3-11-31(35)37-29-21-17-27(18-22-29)33(25-13-7-5-8-14-25)34(26-15-9-6-10-16-26)28-19-23-30(24-20-28)38-32(36)12-4-2;1-2-3-1;3-1-2-4/h5-22,25-26H,23-24H2,1-4H3;5-10,13-24H,1-2H3;1-3H2;3-4H,1-2H2/b28-26?,38-37+;34-33+;;. The van der Waals surface area contributed by atoms with E-state index in [1.165, 1.54) is 25.3 Å². The Bertz CT molecular complexity index is 3680. The highest BCUT2D eigenvalue weighted by Crippen LogP contribution is 2.40. The molecule has 0 unspecified atom stereocenters. The Morgan fingerprint density at radius 3 is 0.910 bits per heavy atom. The van der Waals surface area contributed by atoms with Crippen molar-refractivity contribution >= 4 is 95.0 Å². The zero-order chi connectivity index (χ0) is 63.6. The molecule has 8 aromatic carbocycles. The van der Waals surface area contributed by atoms with Crippen LogP contribution in [0.5, 0.6) is 23.0 Å². The summed E-state index contributed by atoms with van der Waals surface area (Å²) in [6.45, 7) is 8.81. The number of thioether (sulfide) groups is 2. The zero-order valence-electron chi connectivity index (χ0n) is 50.9. The highest BCUT2D eigenvalue weighted by atomic mass is 32.2. The molecule has 1 fully saturated rings. The Balaban J connectivity index is 0.000000258. The van der Waals surface area contributed by atoms with Gasteiger partial charge in [-0.15, -0.1) is 11.8 Å². The normalized spacial score (nSPS) is 11.5. The van der Waals surface area contributed by atoms with Crippen molar-refractivity contribution in [1.29, 1.82) is 0 Å². The maximum Gasteiger partial charge on any atom is 0.389 e. The molecule has 0 aromatic heterocycles. The molecule has 0 aliphatic heterocycles. The highest BCUT2D eigenvalue weighted by molar-refractivity contribution is 8.05. The number of thiol groups is 2. The number of carbonyl (C=O) groups excluding carboxylic acids is 4. The van der Waals surface area contributed by atoms with E-state index in [1.54, 1.807) is 67.7 Å². The van der Waals surface area contributed by atoms with Crippen LogP contribution in [0, 0.1) is 23.7 Å². The quantitative estimate of drug-likeness (QED) is 0.0119. The third-order valence-corrected chi connectivity index (χ3v) is 15.1. The van der Waals surface area contributed by atoms with Gasteiger partial charge in [0, 0.05) is 35.5 Å². The smallest absolute Gasteiger partial charge is 0.389 e. The summed E-state index contributed by atoms with van der Waals surface area (Å²) in [6, 6.07) is 70.5. The molecular formula is C77H72O8S4.